The van der Waals surface area contributed by atoms with Crippen molar-refractivity contribution in [2.75, 3.05) is 27.4 Å². The lowest BCUT2D eigenvalue weighted by Crippen LogP contribution is -2.20. The summed E-state index contributed by atoms with van der Waals surface area (Å²) in [5, 5.41) is 3.20. The zero-order valence-electron chi connectivity index (χ0n) is 11.7. The Balaban J connectivity index is 2.35. The third kappa shape index (κ3) is 5.18. The van der Waals surface area contributed by atoms with Crippen molar-refractivity contribution in [2.24, 2.45) is 0 Å². The lowest BCUT2D eigenvalue weighted by atomic mass is 10.2. The van der Waals surface area contributed by atoms with Crippen LogP contribution >= 0.6 is 0 Å². The Morgan fingerprint density at radius 2 is 1.95 bits per heavy atom. The van der Waals surface area contributed by atoms with Crippen molar-refractivity contribution in [1.29, 1.82) is 0 Å². The standard InChI is InChI=1S/C14H21NO4/c1-4-14(16)19-8-7-15-10-11-5-6-12(17-2)13(9-11)18-3/h5-6,9,15H,4,7-8,10H2,1-3H3. The molecule has 0 saturated carbocycles. The molecule has 0 aliphatic rings. The van der Waals surface area contributed by atoms with Crippen LogP contribution in [0.4, 0.5) is 0 Å². The first-order valence-electron chi connectivity index (χ1n) is 6.28. The van der Waals surface area contributed by atoms with Gasteiger partial charge >= 0.3 is 5.97 Å². The van der Waals surface area contributed by atoms with Crippen molar-refractivity contribution in [3.8, 4) is 11.5 Å². The number of ether oxygens (including phenoxy) is 3. The van der Waals surface area contributed by atoms with Gasteiger partial charge in [0, 0.05) is 19.5 Å². The molecule has 5 heteroatoms. The van der Waals surface area contributed by atoms with Crippen LogP contribution in [0.1, 0.15) is 18.9 Å². The van der Waals surface area contributed by atoms with Gasteiger partial charge in [0.1, 0.15) is 6.61 Å². The van der Waals surface area contributed by atoms with E-state index >= 15 is 0 Å². The van der Waals surface area contributed by atoms with Gasteiger partial charge in [0.2, 0.25) is 0 Å². The second-order valence-corrected chi connectivity index (χ2v) is 3.94. The molecule has 0 spiro atoms. The summed E-state index contributed by atoms with van der Waals surface area (Å²) < 4.78 is 15.4. The quantitative estimate of drug-likeness (QED) is 0.574. The molecule has 0 bridgehead atoms. The van der Waals surface area contributed by atoms with Crippen molar-refractivity contribution in [3.63, 3.8) is 0 Å². The molecule has 0 heterocycles. The molecule has 0 amide bonds. The molecular weight excluding hydrogens is 246 g/mol. The van der Waals surface area contributed by atoms with E-state index in [0.29, 0.717) is 37.6 Å². The maximum atomic E-state index is 10.9. The Hall–Kier alpha value is -1.75. The first-order valence-corrected chi connectivity index (χ1v) is 6.28. The van der Waals surface area contributed by atoms with E-state index in [1.165, 1.54) is 0 Å². The monoisotopic (exact) mass is 267 g/mol. The van der Waals surface area contributed by atoms with Gasteiger partial charge in [-0.25, -0.2) is 0 Å². The van der Waals surface area contributed by atoms with E-state index in [9.17, 15) is 4.79 Å². The summed E-state index contributed by atoms with van der Waals surface area (Å²) in [6, 6.07) is 5.75. The number of hydrogen-bond acceptors (Lipinski definition) is 5. The van der Waals surface area contributed by atoms with Crippen LogP contribution in [-0.2, 0) is 16.1 Å². The third-order valence-corrected chi connectivity index (χ3v) is 2.61. The Morgan fingerprint density at radius 3 is 2.58 bits per heavy atom. The summed E-state index contributed by atoms with van der Waals surface area (Å²) in [6.07, 6.45) is 0.412. The minimum atomic E-state index is -0.173. The summed E-state index contributed by atoms with van der Waals surface area (Å²) >= 11 is 0. The lowest BCUT2D eigenvalue weighted by molar-refractivity contribution is -0.143. The van der Waals surface area contributed by atoms with Crippen LogP contribution < -0.4 is 14.8 Å². The number of esters is 1. The van der Waals surface area contributed by atoms with E-state index in [0.717, 1.165) is 5.56 Å². The van der Waals surface area contributed by atoms with E-state index in [1.54, 1.807) is 21.1 Å². The van der Waals surface area contributed by atoms with E-state index in [4.69, 9.17) is 14.2 Å². The molecule has 0 atom stereocenters. The number of carbonyl (C=O) groups is 1. The van der Waals surface area contributed by atoms with E-state index in [2.05, 4.69) is 5.32 Å². The zero-order valence-corrected chi connectivity index (χ0v) is 11.7. The fourth-order valence-electron chi connectivity index (χ4n) is 1.56. The molecule has 0 radical (unpaired) electrons. The van der Waals surface area contributed by atoms with Crippen molar-refractivity contribution < 1.29 is 19.0 Å². The van der Waals surface area contributed by atoms with Crippen LogP contribution in [0.15, 0.2) is 18.2 Å². The van der Waals surface area contributed by atoms with E-state index in [1.807, 2.05) is 18.2 Å². The Kier molecular flexibility index (Phi) is 6.74. The molecule has 1 rings (SSSR count). The van der Waals surface area contributed by atoms with Gasteiger partial charge in [-0.1, -0.05) is 13.0 Å². The highest BCUT2D eigenvalue weighted by Gasteiger charge is 2.04. The summed E-state index contributed by atoms with van der Waals surface area (Å²) in [7, 11) is 3.22. The molecule has 0 aromatic heterocycles. The second kappa shape index (κ2) is 8.37. The van der Waals surface area contributed by atoms with E-state index in [-0.39, 0.29) is 5.97 Å². The Morgan fingerprint density at radius 1 is 1.21 bits per heavy atom. The van der Waals surface area contributed by atoms with Crippen LogP contribution in [0.5, 0.6) is 11.5 Å². The minimum Gasteiger partial charge on any atom is -0.493 e. The van der Waals surface area contributed by atoms with Crippen molar-refractivity contribution in [1.82, 2.24) is 5.32 Å². The fourth-order valence-corrected chi connectivity index (χ4v) is 1.56. The number of methoxy groups -OCH3 is 2. The molecule has 1 N–H and O–H groups in total. The number of rotatable bonds is 8. The highest BCUT2D eigenvalue weighted by molar-refractivity contribution is 5.68. The van der Waals surface area contributed by atoms with Crippen LogP contribution in [-0.4, -0.2) is 33.3 Å². The minimum absolute atomic E-state index is 0.173. The predicted molar refractivity (Wildman–Crippen MR) is 72.5 cm³/mol. The predicted octanol–water partition coefficient (Wildman–Crippen LogP) is 1.75. The number of carbonyl (C=O) groups excluding carboxylic acids is 1. The van der Waals surface area contributed by atoms with Gasteiger partial charge in [-0.2, -0.15) is 0 Å². The van der Waals surface area contributed by atoms with Crippen LogP contribution in [0, 0.1) is 0 Å². The number of hydrogen-bond donors (Lipinski definition) is 1. The lowest BCUT2D eigenvalue weighted by Gasteiger charge is -2.10. The summed E-state index contributed by atoms with van der Waals surface area (Å²) in [6.45, 7) is 3.48. The van der Waals surface area contributed by atoms with Crippen molar-refractivity contribution in [2.45, 2.75) is 19.9 Å². The largest absolute Gasteiger partial charge is 0.493 e. The van der Waals surface area contributed by atoms with Gasteiger partial charge in [-0.3, -0.25) is 4.79 Å². The first-order chi connectivity index (χ1) is 9.21. The molecule has 0 unspecified atom stereocenters. The summed E-state index contributed by atoms with van der Waals surface area (Å²) in [4.78, 5) is 10.9. The zero-order chi connectivity index (χ0) is 14.1. The molecule has 0 aliphatic heterocycles. The Labute approximate surface area is 113 Å². The van der Waals surface area contributed by atoms with Crippen LogP contribution in [0.3, 0.4) is 0 Å². The van der Waals surface area contributed by atoms with Gasteiger partial charge in [0.15, 0.2) is 11.5 Å². The maximum Gasteiger partial charge on any atom is 0.305 e. The molecule has 1 aromatic carbocycles. The van der Waals surface area contributed by atoms with Crippen LogP contribution in [0.2, 0.25) is 0 Å². The van der Waals surface area contributed by atoms with Crippen molar-refractivity contribution in [3.05, 3.63) is 23.8 Å². The van der Waals surface area contributed by atoms with Gasteiger partial charge < -0.3 is 19.5 Å². The average molecular weight is 267 g/mol. The second-order valence-electron chi connectivity index (χ2n) is 3.94. The van der Waals surface area contributed by atoms with Crippen LogP contribution in [0.25, 0.3) is 0 Å². The molecule has 0 aliphatic carbocycles. The SMILES string of the molecule is CCC(=O)OCCNCc1ccc(OC)c(OC)c1. The summed E-state index contributed by atoms with van der Waals surface area (Å²) in [5.74, 6) is 1.25. The maximum absolute atomic E-state index is 10.9. The summed E-state index contributed by atoms with van der Waals surface area (Å²) in [5.41, 5.74) is 1.08. The van der Waals surface area contributed by atoms with Gasteiger partial charge in [0.25, 0.3) is 0 Å². The van der Waals surface area contributed by atoms with Gasteiger partial charge in [-0.05, 0) is 17.7 Å². The topological polar surface area (TPSA) is 56.8 Å². The molecule has 19 heavy (non-hydrogen) atoms. The molecule has 5 nitrogen and oxygen atoms in total. The Bertz CT molecular complexity index is 406. The number of nitrogens with one attached hydrogen (secondary N) is 1. The molecule has 1 aromatic rings. The van der Waals surface area contributed by atoms with E-state index < -0.39 is 0 Å². The first kappa shape index (κ1) is 15.3. The average Bonchev–Trinajstić information content (AvgIpc) is 2.46. The number of benzene rings is 1. The highest BCUT2D eigenvalue weighted by atomic mass is 16.5. The van der Waals surface area contributed by atoms with Crippen molar-refractivity contribution >= 4 is 5.97 Å². The third-order valence-electron chi connectivity index (χ3n) is 2.61. The fraction of sp³-hybridized carbons (Fsp3) is 0.500. The van der Waals surface area contributed by atoms with Gasteiger partial charge in [0.05, 0.1) is 14.2 Å². The highest BCUT2D eigenvalue weighted by Crippen LogP contribution is 2.27. The molecular formula is C14H21NO4. The van der Waals surface area contributed by atoms with Gasteiger partial charge in [-0.15, -0.1) is 0 Å². The molecule has 0 saturated heterocycles. The normalized spacial score (nSPS) is 10.1. The molecule has 106 valence electrons. The smallest absolute Gasteiger partial charge is 0.305 e. The molecule has 0 fully saturated rings.